The third-order valence-corrected chi connectivity index (χ3v) is 11.4. The highest BCUT2D eigenvalue weighted by molar-refractivity contribution is 8.26. The molecule has 4 aliphatic rings. The van der Waals surface area contributed by atoms with Gasteiger partial charge in [0.1, 0.15) is 21.6 Å². The van der Waals surface area contributed by atoms with Gasteiger partial charge in [0.05, 0.1) is 23.3 Å². The van der Waals surface area contributed by atoms with Crippen LogP contribution in [0.25, 0.3) is 0 Å². The number of carboxylic acid groups (broad SMARTS) is 2. The molecule has 2 aromatic carbocycles. The number of thioether (sulfide) groups is 1. The third-order valence-electron chi connectivity index (χ3n) is 10.0. The number of thiocarbonyl (C=S) groups is 1. The number of allylic oxidation sites excluding steroid dienone is 3. The molecule has 1 amide bonds. The topological polar surface area (TPSA) is 117 Å². The van der Waals surface area contributed by atoms with Crippen LogP contribution in [0.1, 0.15) is 52.9 Å². The van der Waals surface area contributed by atoms with Crippen LogP contribution in [-0.4, -0.2) is 56.0 Å². The number of carboxylic acids is 2. The number of aliphatic carboxylic acids is 2. The molecule has 11 heteroatoms. The summed E-state index contributed by atoms with van der Waals surface area (Å²) < 4.78 is 12.5. The first kappa shape index (κ1) is 33.8. The van der Waals surface area contributed by atoms with Gasteiger partial charge < -0.3 is 24.6 Å². The molecule has 2 aliphatic carbocycles. The van der Waals surface area contributed by atoms with E-state index in [0.29, 0.717) is 32.7 Å². The molecular weight excluding hydrogens is 649 g/mol. The van der Waals surface area contributed by atoms with Crippen molar-refractivity contribution < 1.29 is 34.1 Å². The quantitative estimate of drug-likeness (QED) is 0.170. The second-order valence-electron chi connectivity index (χ2n) is 13.0. The monoisotopic (exact) mass is 688 g/mol. The zero-order valence-electron chi connectivity index (χ0n) is 27.2. The lowest BCUT2D eigenvalue weighted by atomic mass is 9.85. The van der Waals surface area contributed by atoms with E-state index < -0.39 is 17.9 Å². The van der Waals surface area contributed by atoms with E-state index >= 15 is 0 Å². The maximum absolute atomic E-state index is 13.0. The summed E-state index contributed by atoms with van der Waals surface area (Å²) in [6.07, 6.45) is 10.3. The van der Waals surface area contributed by atoms with E-state index in [1.165, 1.54) is 34.4 Å². The number of hydrogen-bond donors (Lipinski definition) is 2. The van der Waals surface area contributed by atoms with Crippen molar-refractivity contribution in [3.8, 4) is 17.2 Å². The smallest absolute Gasteiger partial charge is 0.306 e. The minimum Gasteiger partial charge on any atom is -0.490 e. The first-order valence-electron chi connectivity index (χ1n) is 16.5. The van der Waals surface area contributed by atoms with Crippen molar-refractivity contribution in [2.75, 3.05) is 11.4 Å². The summed E-state index contributed by atoms with van der Waals surface area (Å²) in [4.78, 5) is 39.8. The summed E-state index contributed by atoms with van der Waals surface area (Å²) in [5.74, 6) is -0.0289. The number of nitrogens with zero attached hydrogens (tertiary/aromatic N) is 2. The molecule has 2 fully saturated rings. The molecule has 2 N–H and O–H groups in total. The van der Waals surface area contributed by atoms with Gasteiger partial charge in [0.15, 0.2) is 0 Å². The Bertz CT molecular complexity index is 1680. The maximum atomic E-state index is 13.0. The number of hydrogen-bond acceptors (Lipinski definition) is 8. The highest BCUT2D eigenvalue weighted by atomic mass is 32.2. The largest absolute Gasteiger partial charge is 0.490 e. The van der Waals surface area contributed by atoms with Crippen molar-refractivity contribution in [3.63, 3.8) is 0 Å². The molecule has 2 aromatic rings. The van der Waals surface area contributed by atoms with Crippen LogP contribution in [0.4, 0.5) is 5.69 Å². The lowest BCUT2D eigenvalue weighted by molar-refractivity contribution is -0.144. The van der Waals surface area contributed by atoms with Gasteiger partial charge in [0.25, 0.3) is 5.91 Å². The van der Waals surface area contributed by atoms with Gasteiger partial charge >= 0.3 is 11.9 Å². The molecule has 252 valence electrons. The van der Waals surface area contributed by atoms with Crippen molar-refractivity contribution in [2.45, 2.75) is 65.0 Å². The zero-order chi connectivity index (χ0) is 34.1. The van der Waals surface area contributed by atoms with E-state index in [9.17, 15) is 19.5 Å². The summed E-state index contributed by atoms with van der Waals surface area (Å²) in [7, 11) is 0. The van der Waals surface area contributed by atoms with Gasteiger partial charge in [0.2, 0.25) is 0 Å². The molecule has 2 aliphatic heterocycles. The number of ether oxygens (including phenoxy) is 2. The normalized spacial score (nSPS) is 24.5. The van der Waals surface area contributed by atoms with Gasteiger partial charge in [-0.3, -0.25) is 19.3 Å². The number of benzene rings is 2. The Labute approximate surface area is 290 Å². The molecule has 9 nitrogen and oxygen atoms in total. The fourth-order valence-corrected chi connectivity index (χ4v) is 8.42. The van der Waals surface area contributed by atoms with Crippen LogP contribution >= 0.6 is 24.0 Å². The highest BCUT2D eigenvalue weighted by Crippen LogP contribution is 2.50. The molecule has 0 bridgehead atoms. The van der Waals surface area contributed by atoms with E-state index in [1.807, 2.05) is 56.3 Å². The Balaban J connectivity index is 1.10. The van der Waals surface area contributed by atoms with Gasteiger partial charge in [-0.15, -0.1) is 0 Å². The molecule has 2 heterocycles. The van der Waals surface area contributed by atoms with E-state index in [0.717, 1.165) is 30.7 Å². The predicted molar refractivity (Wildman–Crippen MR) is 189 cm³/mol. The molecule has 48 heavy (non-hydrogen) atoms. The van der Waals surface area contributed by atoms with Crippen molar-refractivity contribution >= 4 is 51.8 Å². The summed E-state index contributed by atoms with van der Waals surface area (Å²) in [6, 6.07) is 15.9. The van der Waals surface area contributed by atoms with Crippen molar-refractivity contribution in [2.24, 2.45) is 23.7 Å². The second kappa shape index (κ2) is 14.2. The molecular formula is C37H40N2O7S2. The van der Waals surface area contributed by atoms with E-state index in [4.69, 9.17) is 26.8 Å². The Kier molecular flexibility index (Phi) is 9.98. The van der Waals surface area contributed by atoms with Crippen LogP contribution in [0, 0.1) is 23.7 Å². The fourth-order valence-electron chi connectivity index (χ4n) is 7.06. The number of carbonyl (C=O) groups is 3. The molecule has 6 rings (SSSR count). The summed E-state index contributed by atoms with van der Waals surface area (Å²) >= 11 is 6.63. The number of anilines is 1. The third kappa shape index (κ3) is 7.03. The SMILES string of the molecule is CC(Oc1ccc(Oc2ccc(N3C4=C(CC(/C=C5\SC(=S)N(CCC(=O)O)C5=O)C=C4)C4CCCC43)cc2)cc1)C(C)C(C)C(=O)O. The van der Waals surface area contributed by atoms with Crippen LogP contribution in [-0.2, 0) is 14.4 Å². The molecule has 0 spiro atoms. The summed E-state index contributed by atoms with van der Waals surface area (Å²) in [5.41, 5.74) is 3.80. The number of fused-ring (bicyclic) bond motifs is 2. The first-order chi connectivity index (χ1) is 23.0. The lowest BCUT2D eigenvalue weighted by Crippen LogP contribution is -2.30. The van der Waals surface area contributed by atoms with Crippen molar-refractivity contribution in [3.05, 3.63) is 82.9 Å². The number of amides is 1. The predicted octanol–water partition coefficient (Wildman–Crippen LogP) is 7.64. The minimum atomic E-state index is -0.953. The molecule has 1 saturated carbocycles. The Hall–Kier alpha value is -4.09. The average Bonchev–Trinajstić information content (AvgIpc) is 3.73. The number of rotatable bonds is 12. The molecule has 0 aromatic heterocycles. The van der Waals surface area contributed by atoms with E-state index in [-0.39, 0.29) is 36.8 Å². The first-order valence-corrected chi connectivity index (χ1v) is 17.7. The molecule has 6 unspecified atom stereocenters. The Morgan fingerprint density at radius 1 is 1.02 bits per heavy atom. The van der Waals surface area contributed by atoms with Crippen LogP contribution in [0.15, 0.2) is 82.9 Å². The average molecular weight is 689 g/mol. The van der Waals surface area contributed by atoms with Gasteiger partial charge in [-0.05, 0) is 86.4 Å². The lowest BCUT2D eigenvalue weighted by Gasteiger charge is -2.29. The van der Waals surface area contributed by atoms with E-state index in [2.05, 4.69) is 29.2 Å². The number of carbonyl (C=O) groups excluding carboxylic acids is 1. The highest BCUT2D eigenvalue weighted by Gasteiger charge is 2.44. The fraction of sp³-hybridized carbons (Fsp3) is 0.405. The molecule has 0 radical (unpaired) electrons. The van der Waals surface area contributed by atoms with Crippen LogP contribution < -0.4 is 14.4 Å². The van der Waals surface area contributed by atoms with Crippen molar-refractivity contribution in [1.29, 1.82) is 0 Å². The Morgan fingerprint density at radius 2 is 1.69 bits per heavy atom. The van der Waals surface area contributed by atoms with Crippen LogP contribution in [0.3, 0.4) is 0 Å². The molecule has 1 saturated heterocycles. The van der Waals surface area contributed by atoms with Crippen LogP contribution in [0.5, 0.6) is 17.2 Å². The summed E-state index contributed by atoms with van der Waals surface area (Å²) in [5, 5.41) is 18.3. The van der Waals surface area contributed by atoms with Gasteiger partial charge in [0, 0.05) is 41.7 Å². The van der Waals surface area contributed by atoms with Gasteiger partial charge in [-0.25, -0.2) is 0 Å². The van der Waals surface area contributed by atoms with Crippen molar-refractivity contribution in [1.82, 2.24) is 4.90 Å². The van der Waals surface area contributed by atoms with Gasteiger partial charge in [-0.1, -0.05) is 56.4 Å². The summed E-state index contributed by atoms with van der Waals surface area (Å²) in [6.45, 7) is 5.55. The van der Waals surface area contributed by atoms with Gasteiger partial charge in [-0.2, -0.15) is 0 Å². The van der Waals surface area contributed by atoms with Crippen LogP contribution in [0.2, 0.25) is 0 Å². The second-order valence-corrected chi connectivity index (χ2v) is 14.7. The minimum absolute atomic E-state index is 0.0751. The Morgan fingerprint density at radius 3 is 2.35 bits per heavy atom. The zero-order valence-corrected chi connectivity index (χ0v) is 28.8. The standard InChI is InChI=1S/C37H40N2O7S2/c1-21(22(2)36(43)44)23(3)45-26-12-14-28(15-13-26)46-27-10-8-25(9-11-27)39-31-6-4-5-29(31)30-19-24(7-16-32(30)39)20-33-35(42)38(37(47)48-33)18-17-34(40)41/h7-16,20-24,29,31H,4-6,17-19H2,1-3H3,(H,40,41)(H,43,44)/b33-20-. The molecule has 6 atom stereocenters. The van der Waals surface area contributed by atoms with E-state index in [1.54, 1.807) is 6.92 Å². The maximum Gasteiger partial charge on any atom is 0.306 e.